The molecule has 2 aromatic rings. The number of carbonyl (C=O) groups excluding carboxylic acids is 2. The van der Waals surface area contributed by atoms with Gasteiger partial charge < -0.3 is 0 Å². The van der Waals surface area contributed by atoms with Crippen LogP contribution in [0, 0.1) is 6.92 Å². The molecule has 0 aliphatic rings. The second-order valence-electron chi connectivity index (χ2n) is 3.40. The molecule has 0 spiro atoms. The zero-order valence-electron chi connectivity index (χ0n) is 9.51. The maximum atomic E-state index is 11.6. The summed E-state index contributed by atoms with van der Waals surface area (Å²) < 4.78 is 0. The lowest BCUT2D eigenvalue weighted by atomic mass is 10.3. The molecule has 0 saturated heterocycles. The van der Waals surface area contributed by atoms with E-state index >= 15 is 0 Å². The van der Waals surface area contributed by atoms with Crippen molar-refractivity contribution in [1.82, 2.24) is 20.8 Å². The molecule has 2 aromatic heterocycles. The smallest absolute Gasteiger partial charge is 0.267 e. The highest BCUT2D eigenvalue weighted by Gasteiger charge is 2.11. The lowest BCUT2D eigenvalue weighted by molar-refractivity contribution is 0.0844. The van der Waals surface area contributed by atoms with Gasteiger partial charge in [0.1, 0.15) is 5.69 Å². The van der Waals surface area contributed by atoms with E-state index in [1.807, 2.05) is 0 Å². The van der Waals surface area contributed by atoms with Crippen LogP contribution in [-0.4, -0.2) is 21.8 Å². The van der Waals surface area contributed by atoms with Crippen LogP contribution in [0.25, 0.3) is 0 Å². The van der Waals surface area contributed by atoms with Gasteiger partial charge in [-0.15, -0.1) is 11.3 Å². The zero-order valence-corrected chi connectivity index (χ0v) is 10.3. The summed E-state index contributed by atoms with van der Waals surface area (Å²) in [5.74, 6) is -0.848. The number of aryl methyl sites for hydroxylation is 1. The lowest BCUT2D eigenvalue weighted by Gasteiger charge is -2.05. The van der Waals surface area contributed by atoms with Crippen molar-refractivity contribution in [2.24, 2.45) is 0 Å². The van der Waals surface area contributed by atoms with Gasteiger partial charge in [-0.05, 0) is 19.1 Å². The quantitative estimate of drug-likeness (QED) is 0.788. The molecule has 0 fully saturated rings. The predicted octanol–water partition coefficient (Wildman–Crippen LogP) is 0.921. The molecule has 0 aromatic carbocycles. The van der Waals surface area contributed by atoms with E-state index in [0.717, 1.165) is 5.01 Å². The topological polar surface area (TPSA) is 84.0 Å². The Labute approximate surface area is 107 Å². The fraction of sp³-hybridized carbons (Fsp3) is 0.0909. The number of hydrazine groups is 1. The Kier molecular flexibility index (Phi) is 3.63. The molecule has 0 radical (unpaired) electrons. The predicted molar refractivity (Wildman–Crippen MR) is 66.0 cm³/mol. The number of amides is 2. The van der Waals surface area contributed by atoms with Crippen LogP contribution in [0.4, 0.5) is 0 Å². The van der Waals surface area contributed by atoms with Gasteiger partial charge in [-0.1, -0.05) is 0 Å². The fourth-order valence-electron chi connectivity index (χ4n) is 1.22. The summed E-state index contributed by atoms with van der Waals surface area (Å²) in [6.07, 6.45) is 3.00. The van der Waals surface area contributed by atoms with Crippen molar-refractivity contribution in [3.63, 3.8) is 0 Å². The maximum Gasteiger partial charge on any atom is 0.289 e. The van der Waals surface area contributed by atoms with Crippen molar-refractivity contribution in [3.8, 4) is 0 Å². The normalized spacial score (nSPS) is 9.83. The van der Waals surface area contributed by atoms with Gasteiger partial charge in [-0.3, -0.25) is 25.4 Å². The van der Waals surface area contributed by atoms with E-state index in [2.05, 4.69) is 20.8 Å². The van der Waals surface area contributed by atoms with Crippen LogP contribution in [0.2, 0.25) is 0 Å². The number of aromatic nitrogens is 2. The van der Waals surface area contributed by atoms with Crippen molar-refractivity contribution in [1.29, 1.82) is 0 Å². The molecule has 18 heavy (non-hydrogen) atoms. The molecule has 0 saturated carbocycles. The number of pyridine rings is 1. The van der Waals surface area contributed by atoms with E-state index in [-0.39, 0.29) is 5.69 Å². The average Bonchev–Trinajstić information content (AvgIpc) is 2.83. The summed E-state index contributed by atoms with van der Waals surface area (Å²) in [6, 6.07) is 3.10. The number of rotatable bonds is 2. The van der Waals surface area contributed by atoms with Crippen molar-refractivity contribution in [2.75, 3.05) is 0 Å². The Bertz CT molecular complexity index is 567. The first-order valence-electron chi connectivity index (χ1n) is 5.09. The maximum absolute atomic E-state index is 11.6. The molecule has 2 heterocycles. The zero-order chi connectivity index (χ0) is 13.0. The van der Waals surface area contributed by atoms with Crippen LogP contribution >= 0.6 is 11.3 Å². The Morgan fingerprint density at radius 1 is 1.17 bits per heavy atom. The third kappa shape index (κ3) is 2.89. The Hall–Kier alpha value is -2.28. The number of nitrogens with one attached hydrogen (secondary N) is 2. The van der Waals surface area contributed by atoms with Gasteiger partial charge >= 0.3 is 0 Å². The van der Waals surface area contributed by atoms with Gasteiger partial charge in [-0.25, -0.2) is 4.98 Å². The number of carbonyl (C=O) groups is 2. The minimum Gasteiger partial charge on any atom is -0.267 e. The van der Waals surface area contributed by atoms with Crippen LogP contribution in [-0.2, 0) is 0 Å². The van der Waals surface area contributed by atoms with Gasteiger partial charge in [0, 0.05) is 23.3 Å². The second kappa shape index (κ2) is 5.37. The summed E-state index contributed by atoms with van der Waals surface area (Å²) in [5, 5.41) is 2.42. The van der Waals surface area contributed by atoms with Crippen molar-refractivity contribution in [2.45, 2.75) is 6.92 Å². The molecule has 6 nitrogen and oxygen atoms in total. The summed E-state index contributed by atoms with van der Waals surface area (Å²) in [6.45, 7) is 1.80. The summed E-state index contributed by atoms with van der Waals surface area (Å²) in [4.78, 5) is 31.0. The average molecular weight is 262 g/mol. The van der Waals surface area contributed by atoms with Crippen LogP contribution < -0.4 is 10.9 Å². The second-order valence-corrected chi connectivity index (χ2v) is 4.46. The van der Waals surface area contributed by atoms with E-state index < -0.39 is 11.8 Å². The highest BCUT2D eigenvalue weighted by molar-refractivity contribution is 7.09. The van der Waals surface area contributed by atoms with E-state index in [0.29, 0.717) is 5.56 Å². The van der Waals surface area contributed by atoms with E-state index in [1.54, 1.807) is 24.4 Å². The molecular weight excluding hydrogens is 252 g/mol. The Morgan fingerprint density at radius 2 is 1.83 bits per heavy atom. The molecule has 0 atom stereocenters. The molecule has 92 valence electrons. The number of hydrogen-bond acceptors (Lipinski definition) is 5. The molecule has 0 aliphatic heterocycles. The monoisotopic (exact) mass is 262 g/mol. The first-order chi connectivity index (χ1) is 8.66. The number of thiazole rings is 1. The molecule has 2 N–H and O–H groups in total. The van der Waals surface area contributed by atoms with Crippen LogP contribution in [0.3, 0.4) is 0 Å². The molecule has 2 amide bonds. The van der Waals surface area contributed by atoms with Crippen LogP contribution in [0.1, 0.15) is 25.9 Å². The Morgan fingerprint density at radius 3 is 2.44 bits per heavy atom. The van der Waals surface area contributed by atoms with Crippen molar-refractivity contribution >= 4 is 23.2 Å². The molecule has 0 bridgehead atoms. The molecular formula is C11H10N4O2S. The highest BCUT2D eigenvalue weighted by Crippen LogP contribution is 2.07. The summed E-state index contributed by atoms with van der Waals surface area (Å²) in [7, 11) is 0. The van der Waals surface area contributed by atoms with Crippen LogP contribution in [0.5, 0.6) is 0 Å². The first-order valence-corrected chi connectivity index (χ1v) is 5.97. The van der Waals surface area contributed by atoms with Crippen LogP contribution in [0.15, 0.2) is 29.9 Å². The highest BCUT2D eigenvalue weighted by atomic mass is 32.1. The molecule has 2 rings (SSSR count). The van der Waals surface area contributed by atoms with Gasteiger partial charge in [-0.2, -0.15) is 0 Å². The minimum atomic E-state index is -0.443. The Balaban J connectivity index is 1.92. The molecule has 7 heteroatoms. The molecule has 0 unspecified atom stereocenters. The van der Waals surface area contributed by atoms with Gasteiger partial charge in [0.15, 0.2) is 0 Å². The lowest BCUT2D eigenvalue weighted by Crippen LogP contribution is -2.41. The summed E-state index contributed by atoms with van der Waals surface area (Å²) in [5.41, 5.74) is 5.30. The van der Waals surface area contributed by atoms with E-state index in [9.17, 15) is 9.59 Å². The van der Waals surface area contributed by atoms with Gasteiger partial charge in [0.05, 0.1) is 5.01 Å². The number of hydrogen-bond donors (Lipinski definition) is 2. The third-order valence-electron chi connectivity index (χ3n) is 2.08. The largest absolute Gasteiger partial charge is 0.289 e. The van der Waals surface area contributed by atoms with Gasteiger partial charge in [0.25, 0.3) is 11.8 Å². The van der Waals surface area contributed by atoms with E-state index in [4.69, 9.17) is 0 Å². The van der Waals surface area contributed by atoms with Gasteiger partial charge in [0.2, 0.25) is 0 Å². The molecule has 0 aliphatic carbocycles. The first kappa shape index (κ1) is 12.2. The van der Waals surface area contributed by atoms with E-state index in [1.165, 1.54) is 23.7 Å². The minimum absolute atomic E-state index is 0.285. The summed E-state index contributed by atoms with van der Waals surface area (Å²) >= 11 is 1.37. The van der Waals surface area contributed by atoms with Crippen molar-refractivity contribution in [3.05, 3.63) is 46.2 Å². The third-order valence-corrected chi connectivity index (χ3v) is 2.86. The fourth-order valence-corrected chi connectivity index (χ4v) is 1.81. The van der Waals surface area contributed by atoms with Crippen molar-refractivity contribution < 1.29 is 9.59 Å². The standard InChI is InChI=1S/C11H10N4O2S/c1-7-13-9(6-18-7)11(17)15-14-10(16)8-2-4-12-5-3-8/h2-6H,1H3,(H,14,16)(H,15,17). The SMILES string of the molecule is Cc1nc(C(=O)NNC(=O)c2ccncc2)cs1. The number of nitrogens with zero attached hydrogens (tertiary/aromatic N) is 2.